The molecular weight excluding hydrogens is 354 g/mol. The maximum Gasteiger partial charge on any atom is 0.418 e. The first kappa shape index (κ1) is 17.3. The van der Waals surface area contributed by atoms with Crippen molar-refractivity contribution in [1.82, 2.24) is 20.3 Å². The Hall–Kier alpha value is -2.57. The van der Waals surface area contributed by atoms with Crippen molar-refractivity contribution in [3.63, 3.8) is 0 Å². The number of amides is 3. The van der Waals surface area contributed by atoms with Gasteiger partial charge >= 0.3 is 16.4 Å². The number of carbonyl (C=O) groups is 2. The van der Waals surface area contributed by atoms with E-state index in [9.17, 15) is 18.0 Å². The van der Waals surface area contributed by atoms with Crippen LogP contribution in [0.3, 0.4) is 0 Å². The van der Waals surface area contributed by atoms with Crippen molar-refractivity contribution in [1.29, 1.82) is 5.41 Å². The van der Waals surface area contributed by atoms with Gasteiger partial charge in [-0.1, -0.05) is 0 Å². The molecule has 1 aromatic heterocycles. The Balaban J connectivity index is 1.69. The monoisotopic (exact) mass is 369 g/mol. The predicted molar refractivity (Wildman–Crippen MR) is 82.8 cm³/mol. The molecule has 25 heavy (non-hydrogen) atoms. The lowest BCUT2D eigenvalue weighted by atomic mass is 10.00. The molecule has 2 atom stereocenters. The average Bonchev–Trinajstić information content (AvgIpc) is 2.79. The fourth-order valence-electron chi connectivity index (χ4n) is 2.91. The molecule has 1 aromatic rings. The second kappa shape index (κ2) is 6.38. The van der Waals surface area contributed by atoms with Gasteiger partial charge in [0.2, 0.25) is 0 Å². The third-order valence-corrected chi connectivity index (χ3v) is 4.37. The van der Waals surface area contributed by atoms with Gasteiger partial charge in [-0.2, -0.15) is 13.5 Å². The van der Waals surface area contributed by atoms with Gasteiger partial charge in [0.15, 0.2) is 0 Å². The van der Waals surface area contributed by atoms with Gasteiger partial charge in [-0.05, 0) is 25.0 Å². The number of fused-ring (bicyclic) bond motifs is 2. The van der Waals surface area contributed by atoms with Gasteiger partial charge in [0.25, 0.3) is 5.91 Å². The Morgan fingerprint density at radius 2 is 2.04 bits per heavy atom. The van der Waals surface area contributed by atoms with Crippen molar-refractivity contribution in [2.24, 2.45) is 0 Å². The van der Waals surface area contributed by atoms with E-state index in [-0.39, 0.29) is 12.4 Å². The number of pyridine rings is 1. The standard InChI is InChI=1S/C13H15N5O6S/c14-11(16-12(19)8-3-5-15-6-4-8)10-2-1-9-7-17(10)13(20)18(9)24-25(21,22)23/h3-6,9-10H,1-2,7H2,(H2,14,16,19)(H,21,22,23)/t9-,10+/m1/s1. The van der Waals surface area contributed by atoms with E-state index in [0.29, 0.717) is 23.5 Å². The van der Waals surface area contributed by atoms with Crippen LogP contribution in [0.1, 0.15) is 23.2 Å². The molecule has 3 amide bonds. The summed E-state index contributed by atoms with van der Waals surface area (Å²) in [6, 6.07) is 0.927. The van der Waals surface area contributed by atoms with Gasteiger partial charge < -0.3 is 10.2 Å². The molecule has 3 N–H and O–H groups in total. The number of hydrogen-bond acceptors (Lipinski definition) is 7. The zero-order valence-electron chi connectivity index (χ0n) is 12.8. The summed E-state index contributed by atoms with van der Waals surface area (Å²) in [6.07, 6.45) is 3.59. The van der Waals surface area contributed by atoms with Crippen LogP contribution in [0.2, 0.25) is 0 Å². The van der Waals surface area contributed by atoms with Gasteiger partial charge in [0.1, 0.15) is 5.84 Å². The molecule has 3 rings (SSSR count). The smallest absolute Gasteiger partial charge is 0.310 e. The molecule has 134 valence electrons. The van der Waals surface area contributed by atoms with E-state index in [1.165, 1.54) is 29.4 Å². The van der Waals surface area contributed by atoms with Crippen LogP contribution in [-0.2, 0) is 14.7 Å². The number of rotatable bonds is 4. The van der Waals surface area contributed by atoms with Crippen molar-refractivity contribution >= 4 is 28.2 Å². The molecule has 12 heteroatoms. The van der Waals surface area contributed by atoms with Crippen molar-refractivity contribution in [2.45, 2.75) is 24.9 Å². The summed E-state index contributed by atoms with van der Waals surface area (Å²) in [7, 11) is -4.82. The zero-order valence-corrected chi connectivity index (χ0v) is 13.6. The second-order valence-electron chi connectivity index (χ2n) is 5.61. The van der Waals surface area contributed by atoms with Gasteiger partial charge in [-0.15, -0.1) is 4.28 Å². The molecule has 2 saturated heterocycles. The minimum absolute atomic E-state index is 0.131. The van der Waals surface area contributed by atoms with Crippen LogP contribution in [0, 0.1) is 5.41 Å². The first-order valence-corrected chi connectivity index (χ1v) is 8.69. The Morgan fingerprint density at radius 3 is 2.68 bits per heavy atom. The van der Waals surface area contributed by atoms with Gasteiger partial charge in [-0.25, -0.2) is 4.79 Å². The summed E-state index contributed by atoms with van der Waals surface area (Å²) < 4.78 is 34.8. The molecule has 0 aliphatic carbocycles. The third-order valence-electron chi connectivity index (χ3n) is 4.02. The summed E-state index contributed by atoms with van der Waals surface area (Å²) in [4.78, 5) is 29.4. The van der Waals surface area contributed by atoms with Crippen LogP contribution in [0.5, 0.6) is 0 Å². The fourth-order valence-corrected chi connectivity index (χ4v) is 3.30. The van der Waals surface area contributed by atoms with Crippen LogP contribution in [-0.4, -0.2) is 64.3 Å². The maximum absolute atomic E-state index is 12.3. The first-order chi connectivity index (χ1) is 11.8. The topological polar surface area (TPSA) is 153 Å². The molecule has 0 unspecified atom stereocenters. The molecule has 2 aliphatic heterocycles. The lowest BCUT2D eigenvalue weighted by Gasteiger charge is -2.30. The Labute approximate surface area is 143 Å². The molecule has 2 aliphatic rings. The highest BCUT2D eigenvalue weighted by molar-refractivity contribution is 7.80. The van der Waals surface area contributed by atoms with Crippen LogP contribution < -0.4 is 5.32 Å². The largest absolute Gasteiger partial charge is 0.418 e. The highest BCUT2D eigenvalue weighted by Gasteiger charge is 2.48. The summed E-state index contributed by atoms with van der Waals surface area (Å²) in [5.74, 6) is -0.686. The first-order valence-electron chi connectivity index (χ1n) is 7.33. The summed E-state index contributed by atoms with van der Waals surface area (Å²) in [6.45, 7) is 0.131. The number of piperidine rings is 1. The van der Waals surface area contributed by atoms with E-state index >= 15 is 0 Å². The van der Waals surface area contributed by atoms with E-state index in [0.717, 1.165) is 0 Å². The highest BCUT2D eigenvalue weighted by Crippen LogP contribution is 2.30. The van der Waals surface area contributed by atoms with Crippen LogP contribution in [0.25, 0.3) is 0 Å². The minimum Gasteiger partial charge on any atom is -0.310 e. The molecular formula is C13H15N5O6S. The maximum atomic E-state index is 12.3. The van der Waals surface area contributed by atoms with E-state index in [1.807, 2.05) is 0 Å². The highest BCUT2D eigenvalue weighted by atomic mass is 32.3. The molecule has 11 nitrogen and oxygen atoms in total. The molecule has 0 aromatic carbocycles. The minimum atomic E-state index is -4.82. The lowest BCUT2D eigenvalue weighted by Crippen LogP contribution is -2.50. The lowest BCUT2D eigenvalue weighted by molar-refractivity contribution is -0.0316. The molecule has 2 bridgehead atoms. The van der Waals surface area contributed by atoms with Gasteiger partial charge in [0.05, 0.1) is 12.1 Å². The summed E-state index contributed by atoms with van der Waals surface area (Å²) in [5.41, 5.74) is 0.317. The number of nitrogens with one attached hydrogen (secondary N) is 2. The van der Waals surface area contributed by atoms with Crippen LogP contribution in [0.4, 0.5) is 4.79 Å². The molecule has 3 heterocycles. The van der Waals surface area contributed by atoms with E-state index in [4.69, 9.17) is 9.96 Å². The number of nitrogens with zero attached hydrogens (tertiary/aromatic N) is 3. The van der Waals surface area contributed by atoms with Crippen LogP contribution in [0.15, 0.2) is 24.5 Å². The number of hydroxylamine groups is 2. The average molecular weight is 369 g/mol. The zero-order chi connectivity index (χ0) is 18.2. The quantitative estimate of drug-likeness (QED) is 0.377. The second-order valence-corrected chi connectivity index (χ2v) is 6.62. The normalized spacial score (nSPS) is 22.8. The summed E-state index contributed by atoms with van der Waals surface area (Å²) >= 11 is 0. The SMILES string of the molecule is N=C(NC(=O)c1ccncc1)[C@@H]1CC[C@@H]2CN1C(=O)N2OS(=O)(=O)O. The Kier molecular flexibility index (Phi) is 4.41. The fraction of sp³-hybridized carbons (Fsp3) is 0.385. The van der Waals surface area contributed by atoms with Crippen molar-refractivity contribution < 1.29 is 26.8 Å². The number of carbonyl (C=O) groups excluding carboxylic acids is 2. The third kappa shape index (κ3) is 3.60. The molecule has 2 fully saturated rings. The van der Waals surface area contributed by atoms with E-state index in [1.54, 1.807) is 0 Å². The molecule has 0 spiro atoms. The van der Waals surface area contributed by atoms with E-state index < -0.39 is 34.4 Å². The van der Waals surface area contributed by atoms with Crippen LogP contribution >= 0.6 is 0 Å². The summed E-state index contributed by atoms with van der Waals surface area (Å²) in [5, 5.41) is 11.1. The van der Waals surface area contributed by atoms with E-state index in [2.05, 4.69) is 14.6 Å². The number of urea groups is 1. The van der Waals surface area contributed by atoms with Gasteiger partial charge in [-0.3, -0.25) is 19.7 Å². The number of amidine groups is 1. The Morgan fingerprint density at radius 1 is 1.36 bits per heavy atom. The Bertz CT molecular complexity index is 813. The van der Waals surface area contributed by atoms with Crippen molar-refractivity contribution in [3.8, 4) is 0 Å². The number of hydrogen-bond donors (Lipinski definition) is 3. The predicted octanol–water partition coefficient (Wildman–Crippen LogP) is -0.208. The van der Waals surface area contributed by atoms with Crippen molar-refractivity contribution in [2.75, 3.05) is 6.54 Å². The van der Waals surface area contributed by atoms with Gasteiger partial charge in [0, 0.05) is 24.5 Å². The molecule has 0 saturated carbocycles. The number of aromatic nitrogens is 1. The molecule has 0 radical (unpaired) electrons. The van der Waals surface area contributed by atoms with Crippen molar-refractivity contribution in [3.05, 3.63) is 30.1 Å².